The second-order valence-corrected chi connectivity index (χ2v) is 7.18. The van der Waals surface area contributed by atoms with Crippen LogP contribution in [0.4, 0.5) is 13.2 Å². The summed E-state index contributed by atoms with van der Waals surface area (Å²) in [5.41, 5.74) is 0. The smallest absolute Gasteiger partial charge is 0.353 e. The molecule has 0 saturated carbocycles. The van der Waals surface area contributed by atoms with Crippen LogP contribution in [0.1, 0.15) is 13.8 Å². The van der Waals surface area contributed by atoms with Crippen LogP contribution in [-0.4, -0.2) is 51.1 Å². The van der Waals surface area contributed by atoms with Gasteiger partial charge in [0.25, 0.3) is 0 Å². The summed E-state index contributed by atoms with van der Waals surface area (Å²) in [5.74, 6) is -0.684. The standard InChI is InChI=1S/C9H17F3N2O3S/c1-8(2,18(3,16)17)5-14-7(15)4-13-6-9(10,11)12/h13H,4-6H2,1-3H3,(H,14,15). The molecule has 0 aliphatic heterocycles. The van der Waals surface area contributed by atoms with E-state index in [0.29, 0.717) is 0 Å². The SMILES string of the molecule is CC(C)(CNC(=O)CNCC(F)(F)F)S(C)(=O)=O. The molecule has 0 unspecified atom stereocenters. The lowest BCUT2D eigenvalue weighted by Crippen LogP contribution is -2.46. The van der Waals surface area contributed by atoms with E-state index >= 15 is 0 Å². The number of hydrogen-bond acceptors (Lipinski definition) is 4. The molecule has 0 aromatic heterocycles. The number of nitrogens with one attached hydrogen (secondary N) is 2. The Morgan fingerprint density at radius 3 is 2.06 bits per heavy atom. The summed E-state index contributed by atoms with van der Waals surface area (Å²) in [6, 6.07) is 0. The van der Waals surface area contributed by atoms with Crippen molar-refractivity contribution < 1.29 is 26.4 Å². The maximum absolute atomic E-state index is 11.8. The molecule has 0 aromatic carbocycles. The Kier molecular flexibility index (Phi) is 5.60. The van der Waals surface area contributed by atoms with Crippen LogP contribution in [-0.2, 0) is 14.6 Å². The summed E-state index contributed by atoms with van der Waals surface area (Å²) in [5, 5.41) is 4.18. The van der Waals surface area contributed by atoms with Gasteiger partial charge in [0.15, 0.2) is 9.84 Å². The molecule has 0 heterocycles. The third-order valence-corrected chi connectivity index (χ3v) is 4.48. The Balaban J connectivity index is 4.06. The number of amides is 1. The first-order valence-corrected chi connectivity index (χ1v) is 6.98. The number of carbonyl (C=O) groups is 1. The Morgan fingerprint density at radius 1 is 1.17 bits per heavy atom. The van der Waals surface area contributed by atoms with Gasteiger partial charge in [-0.15, -0.1) is 0 Å². The minimum Gasteiger partial charge on any atom is -0.353 e. The second kappa shape index (κ2) is 5.87. The Labute approximate surface area is 104 Å². The molecule has 0 fully saturated rings. The topological polar surface area (TPSA) is 75.3 Å². The molecule has 0 rings (SSSR count). The lowest BCUT2D eigenvalue weighted by atomic mass is 10.2. The average Bonchev–Trinajstić information content (AvgIpc) is 2.11. The van der Waals surface area contributed by atoms with E-state index in [1.54, 1.807) is 0 Å². The first-order chi connectivity index (χ1) is 7.85. The summed E-state index contributed by atoms with van der Waals surface area (Å²) in [6.07, 6.45) is -3.35. The zero-order chi connectivity index (χ0) is 14.6. The molecule has 18 heavy (non-hydrogen) atoms. The monoisotopic (exact) mass is 290 g/mol. The van der Waals surface area contributed by atoms with Gasteiger partial charge in [0.2, 0.25) is 5.91 Å². The lowest BCUT2D eigenvalue weighted by Gasteiger charge is -2.22. The molecule has 0 aliphatic rings. The summed E-state index contributed by atoms with van der Waals surface area (Å²) in [6.45, 7) is 0.908. The largest absolute Gasteiger partial charge is 0.401 e. The van der Waals surface area contributed by atoms with E-state index in [1.165, 1.54) is 13.8 Å². The molecule has 0 aliphatic carbocycles. The minimum absolute atomic E-state index is 0.154. The van der Waals surface area contributed by atoms with Crippen LogP contribution in [0.5, 0.6) is 0 Å². The van der Waals surface area contributed by atoms with Gasteiger partial charge in [-0.05, 0) is 13.8 Å². The molecule has 0 aromatic rings. The first kappa shape index (κ1) is 17.2. The van der Waals surface area contributed by atoms with Gasteiger partial charge < -0.3 is 10.6 Å². The fourth-order valence-corrected chi connectivity index (χ4v) is 1.16. The van der Waals surface area contributed by atoms with Crippen molar-refractivity contribution in [3.05, 3.63) is 0 Å². The molecule has 0 saturated heterocycles. The van der Waals surface area contributed by atoms with Crippen LogP contribution in [0, 0.1) is 0 Å². The molecule has 0 bridgehead atoms. The minimum atomic E-state index is -4.38. The number of hydrogen-bond donors (Lipinski definition) is 2. The van der Waals surface area contributed by atoms with Crippen LogP contribution < -0.4 is 10.6 Å². The van der Waals surface area contributed by atoms with Gasteiger partial charge in [0, 0.05) is 12.8 Å². The van der Waals surface area contributed by atoms with E-state index in [4.69, 9.17) is 0 Å². The third kappa shape index (κ3) is 6.80. The van der Waals surface area contributed by atoms with Crippen molar-refractivity contribution in [1.29, 1.82) is 0 Å². The molecular formula is C9H17F3N2O3S. The van der Waals surface area contributed by atoms with E-state index in [9.17, 15) is 26.4 Å². The highest BCUT2D eigenvalue weighted by molar-refractivity contribution is 7.92. The zero-order valence-electron chi connectivity index (χ0n) is 10.4. The Morgan fingerprint density at radius 2 is 1.67 bits per heavy atom. The Hall–Kier alpha value is -0.830. The van der Waals surface area contributed by atoms with Crippen molar-refractivity contribution in [2.45, 2.75) is 24.8 Å². The maximum atomic E-state index is 11.8. The molecule has 5 nitrogen and oxygen atoms in total. The summed E-state index contributed by atoms with van der Waals surface area (Å²) in [7, 11) is -3.36. The highest BCUT2D eigenvalue weighted by Crippen LogP contribution is 2.13. The van der Waals surface area contributed by atoms with Crippen LogP contribution in [0.2, 0.25) is 0 Å². The van der Waals surface area contributed by atoms with Crippen molar-refractivity contribution >= 4 is 15.7 Å². The van der Waals surface area contributed by atoms with Crippen molar-refractivity contribution in [2.24, 2.45) is 0 Å². The number of rotatable bonds is 6. The van der Waals surface area contributed by atoms with Crippen molar-refractivity contribution in [3.63, 3.8) is 0 Å². The average molecular weight is 290 g/mol. The number of carbonyl (C=O) groups excluding carboxylic acids is 1. The van der Waals surface area contributed by atoms with Gasteiger partial charge in [0.05, 0.1) is 17.8 Å². The predicted molar refractivity (Wildman–Crippen MR) is 60.9 cm³/mol. The normalized spacial score (nSPS) is 13.4. The van der Waals surface area contributed by atoms with Gasteiger partial charge >= 0.3 is 6.18 Å². The molecule has 108 valence electrons. The first-order valence-electron chi connectivity index (χ1n) is 5.09. The molecular weight excluding hydrogens is 273 g/mol. The lowest BCUT2D eigenvalue weighted by molar-refractivity contribution is -0.128. The molecule has 9 heteroatoms. The molecule has 0 radical (unpaired) electrons. The summed E-state index contributed by atoms with van der Waals surface area (Å²) in [4.78, 5) is 11.2. The van der Waals surface area contributed by atoms with E-state index in [2.05, 4.69) is 5.32 Å². The van der Waals surface area contributed by atoms with Gasteiger partial charge in [-0.25, -0.2) is 8.42 Å². The zero-order valence-corrected chi connectivity index (χ0v) is 11.2. The highest BCUT2D eigenvalue weighted by Gasteiger charge is 2.30. The van der Waals surface area contributed by atoms with Crippen molar-refractivity contribution in [2.75, 3.05) is 25.9 Å². The van der Waals surface area contributed by atoms with Crippen molar-refractivity contribution in [1.82, 2.24) is 10.6 Å². The molecule has 2 N–H and O–H groups in total. The van der Waals surface area contributed by atoms with E-state index in [0.717, 1.165) is 6.26 Å². The fraction of sp³-hybridized carbons (Fsp3) is 0.889. The maximum Gasteiger partial charge on any atom is 0.401 e. The van der Waals surface area contributed by atoms with Crippen LogP contribution in [0.3, 0.4) is 0 Å². The van der Waals surface area contributed by atoms with Gasteiger partial charge in [-0.3, -0.25) is 4.79 Å². The predicted octanol–water partition coefficient (Wildman–Crippen LogP) is 0.0777. The summed E-state index contributed by atoms with van der Waals surface area (Å²) < 4.78 is 56.7. The van der Waals surface area contributed by atoms with Gasteiger partial charge in [-0.2, -0.15) is 13.2 Å². The van der Waals surface area contributed by atoms with Crippen LogP contribution in [0.25, 0.3) is 0 Å². The third-order valence-electron chi connectivity index (χ3n) is 2.33. The quantitative estimate of drug-likeness (QED) is 0.726. The molecule has 0 atom stereocenters. The van der Waals surface area contributed by atoms with Crippen molar-refractivity contribution in [3.8, 4) is 0 Å². The number of alkyl halides is 3. The van der Waals surface area contributed by atoms with E-state index in [1.807, 2.05) is 5.32 Å². The van der Waals surface area contributed by atoms with Gasteiger partial charge in [-0.1, -0.05) is 0 Å². The van der Waals surface area contributed by atoms with Crippen LogP contribution in [0.15, 0.2) is 0 Å². The Bertz CT molecular complexity index is 390. The molecule has 0 spiro atoms. The van der Waals surface area contributed by atoms with Crippen LogP contribution >= 0.6 is 0 Å². The van der Waals surface area contributed by atoms with Gasteiger partial charge in [0.1, 0.15) is 0 Å². The number of halogens is 3. The highest BCUT2D eigenvalue weighted by atomic mass is 32.2. The second-order valence-electron chi connectivity index (χ2n) is 4.53. The fourth-order valence-electron chi connectivity index (χ4n) is 0.823. The number of sulfone groups is 1. The van der Waals surface area contributed by atoms with E-state index < -0.39 is 39.8 Å². The summed E-state index contributed by atoms with van der Waals surface area (Å²) >= 11 is 0. The van der Waals surface area contributed by atoms with E-state index in [-0.39, 0.29) is 6.54 Å². The molecule has 1 amide bonds.